The van der Waals surface area contributed by atoms with Crippen LogP contribution < -0.4 is 9.64 Å². The van der Waals surface area contributed by atoms with Gasteiger partial charge in [0.1, 0.15) is 17.2 Å². The van der Waals surface area contributed by atoms with Gasteiger partial charge in [-0.2, -0.15) is 13.2 Å². The molecule has 2 aliphatic heterocycles. The van der Waals surface area contributed by atoms with E-state index in [0.717, 1.165) is 48.1 Å². The van der Waals surface area contributed by atoms with E-state index in [9.17, 15) is 18.0 Å². The normalized spacial score (nSPS) is 19.0. The number of piperidine rings is 1. The van der Waals surface area contributed by atoms with Crippen LogP contribution >= 0.6 is 0 Å². The van der Waals surface area contributed by atoms with Crippen LogP contribution in [0.25, 0.3) is 5.57 Å². The minimum absolute atomic E-state index is 0.0634. The van der Waals surface area contributed by atoms with Crippen LogP contribution in [0.3, 0.4) is 0 Å². The molecule has 1 fully saturated rings. The number of carbonyl (C=O) groups is 1. The summed E-state index contributed by atoms with van der Waals surface area (Å²) in [7, 11) is 0. The van der Waals surface area contributed by atoms with E-state index in [1.165, 1.54) is 12.1 Å². The highest BCUT2D eigenvalue weighted by Gasteiger charge is 2.34. The van der Waals surface area contributed by atoms with Gasteiger partial charge < -0.3 is 19.3 Å². The van der Waals surface area contributed by atoms with E-state index in [-0.39, 0.29) is 24.4 Å². The molecule has 1 unspecified atom stereocenters. The van der Waals surface area contributed by atoms with Crippen molar-refractivity contribution in [2.75, 3.05) is 37.7 Å². The van der Waals surface area contributed by atoms with Gasteiger partial charge >= 0.3 is 12.3 Å². The number of para-hydroxylation sites is 1. The fourth-order valence-electron chi connectivity index (χ4n) is 4.85. The Kier molecular flexibility index (Phi) is 8.18. The van der Waals surface area contributed by atoms with Gasteiger partial charge in [0.05, 0.1) is 30.3 Å². The Hall–Kier alpha value is -3.30. The van der Waals surface area contributed by atoms with Gasteiger partial charge in [-0.1, -0.05) is 12.1 Å². The maximum absolute atomic E-state index is 13.3. The topological polar surface area (TPSA) is 67.8 Å². The van der Waals surface area contributed by atoms with E-state index in [2.05, 4.69) is 9.88 Å². The van der Waals surface area contributed by atoms with E-state index in [4.69, 9.17) is 14.5 Å². The second kappa shape index (κ2) is 11.2. The molecule has 4 rings (SSSR count). The number of rotatable bonds is 5. The van der Waals surface area contributed by atoms with Gasteiger partial charge in [0, 0.05) is 32.1 Å². The number of anilines is 1. The number of hydrogen-bond acceptors (Lipinski definition) is 6. The van der Waals surface area contributed by atoms with Crippen molar-refractivity contribution in [3.63, 3.8) is 0 Å². The highest BCUT2D eigenvalue weighted by Crippen LogP contribution is 2.36. The van der Waals surface area contributed by atoms with Crippen LogP contribution in [0.5, 0.6) is 5.75 Å². The summed E-state index contributed by atoms with van der Waals surface area (Å²) in [6, 6.07) is 5.32. The van der Waals surface area contributed by atoms with Crippen LogP contribution in [0.2, 0.25) is 0 Å². The Balaban J connectivity index is 1.41. The maximum atomic E-state index is 13.3. The third kappa shape index (κ3) is 6.96. The first-order chi connectivity index (χ1) is 17.9. The van der Waals surface area contributed by atoms with Gasteiger partial charge in [-0.05, 0) is 70.2 Å². The zero-order valence-electron chi connectivity index (χ0n) is 22.3. The lowest BCUT2D eigenvalue weighted by Crippen LogP contribution is -2.40. The summed E-state index contributed by atoms with van der Waals surface area (Å²) in [6.45, 7) is 10.2. The monoisotopic (exact) mass is 532 g/mol. The van der Waals surface area contributed by atoms with Gasteiger partial charge in [-0.15, -0.1) is 0 Å². The molecule has 38 heavy (non-hydrogen) atoms. The molecule has 206 valence electrons. The van der Waals surface area contributed by atoms with Crippen molar-refractivity contribution in [1.29, 1.82) is 0 Å². The van der Waals surface area contributed by atoms with Crippen molar-refractivity contribution in [1.82, 2.24) is 14.9 Å². The van der Waals surface area contributed by atoms with Crippen LogP contribution in [0, 0.1) is 5.92 Å². The predicted octanol–water partition coefficient (Wildman–Crippen LogP) is 6.21. The number of carbonyl (C=O) groups excluding carboxylic acids is 1. The molecule has 0 bridgehead atoms. The quantitative estimate of drug-likeness (QED) is 0.457. The number of aromatic nitrogens is 2. The summed E-state index contributed by atoms with van der Waals surface area (Å²) in [5.41, 5.74) is 1.59. The fourth-order valence-corrected chi connectivity index (χ4v) is 4.85. The van der Waals surface area contributed by atoms with Crippen LogP contribution in [0.15, 0.2) is 42.2 Å². The number of nitrogens with zero attached hydrogens (tertiary/aromatic N) is 4. The molecule has 0 aliphatic carbocycles. The molecule has 1 amide bonds. The number of alkyl halides is 3. The molecule has 0 N–H and O–H groups in total. The molecule has 1 aromatic heterocycles. The van der Waals surface area contributed by atoms with Gasteiger partial charge in [-0.3, -0.25) is 4.98 Å². The largest absolute Gasteiger partial charge is 0.493 e. The number of amides is 1. The lowest BCUT2D eigenvalue weighted by Gasteiger charge is -2.34. The van der Waals surface area contributed by atoms with Crippen molar-refractivity contribution < 1.29 is 27.4 Å². The summed E-state index contributed by atoms with van der Waals surface area (Å²) in [6.07, 6.45) is 1.08. The smallest absolute Gasteiger partial charge is 0.419 e. The molecule has 1 aromatic carbocycles. The van der Waals surface area contributed by atoms with Gasteiger partial charge in [0.2, 0.25) is 0 Å². The average molecular weight is 533 g/mol. The molecule has 10 heteroatoms. The standard InChI is InChI=1S/C28H35F3N4O3/c1-19-16-35(26(36)38-27(2,3)4)13-11-21(19)23-14-32-15-25(33-23)34-12-7-8-20(17-34)18-37-24-10-6-5-9-22(24)28(29,30)31/h5-6,9-10,14-15,20H,7-8,11-13,16-18H2,1-4H3. The molecule has 0 spiro atoms. The molecule has 2 aliphatic rings. The third-order valence-corrected chi connectivity index (χ3v) is 6.67. The van der Waals surface area contributed by atoms with E-state index in [0.29, 0.717) is 26.1 Å². The first kappa shape index (κ1) is 27.7. The Bertz CT molecular complexity index is 1180. The summed E-state index contributed by atoms with van der Waals surface area (Å²) in [4.78, 5) is 25.6. The van der Waals surface area contributed by atoms with Gasteiger partial charge in [0.15, 0.2) is 0 Å². The average Bonchev–Trinajstić information content (AvgIpc) is 2.86. The maximum Gasteiger partial charge on any atom is 0.419 e. The highest BCUT2D eigenvalue weighted by atomic mass is 19.4. The van der Waals surface area contributed by atoms with Gasteiger partial charge in [-0.25, -0.2) is 9.78 Å². The van der Waals surface area contributed by atoms with Crippen LogP contribution in [-0.4, -0.2) is 59.3 Å². The highest BCUT2D eigenvalue weighted by molar-refractivity contribution is 5.73. The minimum atomic E-state index is -4.46. The molecular weight excluding hydrogens is 497 g/mol. The number of ether oxygens (including phenoxy) is 2. The number of halogens is 3. The first-order valence-corrected chi connectivity index (χ1v) is 12.9. The molecule has 2 aromatic rings. The lowest BCUT2D eigenvalue weighted by molar-refractivity contribution is -0.139. The number of benzene rings is 1. The van der Waals surface area contributed by atoms with Crippen molar-refractivity contribution in [3.8, 4) is 5.75 Å². The Labute approximate surface area is 221 Å². The Morgan fingerprint density at radius 3 is 2.61 bits per heavy atom. The van der Waals surface area contributed by atoms with Gasteiger partial charge in [0.25, 0.3) is 0 Å². The zero-order valence-corrected chi connectivity index (χ0v) is 22.3. The van der Waals surface area contributed by atoms with Crippen molar-refractivity contribution in [3.05, 3.63) is 53.5 Å². The molecule has 1 saturated heterocycles. The predicted molar refractivity (Wildman–Crippen MR) is 139 cm³/mol. The first-order valence-electron chi connectivity index (χ1n) is 12.9. The summed E-state index contributed by atoms with van der Waals surface area (Å²) in [5, 5.41) is 0. The summed E-state index contributed by atoms with van der Waals surface area (Å²) < 4.78 is 51.1. The van der Waals surface area contributed by atoms with Crippen LogP contribution in [0.4, 0.5) is 23.8 Å². The summed E-state index contributed by atoms with van der Waals surface area (Å²) in [5.74, 6) is 0.658. The molecule has 7 nitrogen and oxygen atoms in total. The van der Waals surface area contributed by atoms with E-state index < -0.39 is 17.3 Å². The van der Waals surface area contributed by atoms with Crippen molar-refractivity contribution >= 4 is 17.5 Å². The lowest BCUT2D eigenvalue weighted by atomic mass is 9.98. The van der Waals surface area contributed by atoms with E-state index in [1.54, 1.807) is 23.4 Å². The molecule has 0 radical (unpaired) electrons. The molecule has 0 saturated carbocycles. The van der Waals surface area contributed by atoms with Crippen LogP contribution in [0.1, 0.15) is 58.2 Å². The zero-order chi connectivity index (χ0) is 27.5. The second-order valence-electron chi connectivity index (χ2n) is 10.9. The molecule has 1 atom stereocenters. The fraction of sp³-hybridized carbons (Fsp3) is 0.536. The molecular formula is C28H35F3N4O3. The van der Waals surface area contributed by atoms with Crippen molar-refractivity contribution in [2.24, 2.45) is 5.92 Å². The Morgan fingerprint density at radius 2 is 1.89 bits per heavy atom. The third-order valence-electron chi connectivity index (χ3n) is 6.67. The SMILES string of the molecule is CC1=C(c2cncc(N3CCCC(COc4ccccc4C(F)(F)F)C3)n2)CCN(C(=O)OC(C)(C)C)C1. The van der Waals surface area contributed by atoms with Crippen LogP contribution in [-0.2, 0) is 10.9 Å². The van der Waals surface area contributed by atoms with E-state index >= 15 is 0 Å². The summed E-state index contributed by atoms with van der Waals surface area (Å²) >= 11 is 0. The Morgan fingerprint density at radius 1 is 1.13 bits per heavy atom. The van der Waals surface area contributed by atoms with E-state index in [1.807, 2.05) is 27.7 Å². The minimum Gasteiger partial charge on any atom is -0.493 e. The molecule has 3 heterocycles. The second-order valence-corrected chi connectivity index (χ2v) is 10.9. The number of hydrogen-bond donors (Lipinski definition) is 0. The van der Waals surface area contributed by atoms with Crippen molar-refractivity contribution in [2.45, 2.75) is 58.7 Å².